The number of nitrogens with one attached hydrogen (secondary N) is 1. The average molecular weight is 360 g/mol. The highest BCUT2D eigenvalue weighted by Gasteiger charge is 2.34. The fraction of sp³-hybridized carbons (Fsp3) is 0.667. The predicted octanol–water partition coefficient (Wildman–Crippen LogP) is 3.19. The minimum atomic E-state index is 0.149. The van der Waals surface area contributed by atoms with E-state index >= 15 is 0 Å². The Kier molecular flexibility index (Phi) is 6.41. The van der Waals surface area contributed by atoms with E-state index in [-0.39, 0.29) is 11.8 Å². The van der Waals surface area contributed by atoms with Gasteiger partial charge in [0.15, 0.2) is 11.5 Å². The van der Waals surface area contributed by atoms with Gasteiger partial charge in [0, 0.05) is 19.0 Å². The van der Waals surface area contributed by atoms with Crippen molar-refractivity contribution in [2.75, 3.05) is 32.8 Å². The minimum Gasteiger partial charge on any atom is -0.486 e. The maximum Gasteiger partial charge on any atom is 0.220 e. The fourth-order valence-electron chi connectivity index (χ4n) is 3.86. The van der Waals surface area contributed by atoms with E-state index in [2.05, 4.69) is 43.1 Å². The molecule has 1 aromatic rings. The molecular formula is C21H32N2O3. The number of nitrogens with zero attached hydrogens (tertiary/aromatic N) is 1. The minimum absolute atomic E-state index is 0.149. The number of hydrogen-bond donors (Lipinski definition) is 1. The molecule has 5 nitrogen and oxygen atoms in total. The van der Waals surface area contributed by atoms with Crippen molar-refractivity contribution < 1.29 is 14.3 Å². The van der Waals surface area contributed by atoms with Gasteiger partial charge in [0.1, 0.15) is 13.2 Å². The molecule has 1 heterocycles. The molecule has 2 unspecified atom stereocenters. The smallest absolute Gasteiger partial charge is 0.220 e. The van der Waals surface area contributed by atoms with Crippen LogP contribution in [0, 0.1) is 5.92 Å². The van der Waals surface area contributed by atoms with Crippen LogP contribution in [0.4, 0.5) is 0 Å². The number of ether oxygens (including phenoxy) is 2. The molecular weight excluding hydrogens is 328 g/mol. The number of amides is 1. The van der Waals surface area contributed by atoms with Crippen LogP contribution in [-0.2, 0) is 4.79 Å². The number of carbonyl (C=O) groups is 1. The maximum atomic E-state index is 12.6. The normalized spacial score (nSPS) is 18.5. The molecule has 1 aliphatic heterocycles. The Hall–Kier alpha value is -1.75. The number of hydrogen-bond acceptors (Lipinski definition) is 4. The van der Waals surface area contributed by atoms with Crippen LogP contribution in [0.1, 0.15) is 51.5 Å². The van der Waals surface area contributed by atoms with Gasteiger partial charge >= 0.3 is 0 Å². The second kappa shape index (κ2) is 8.76. The summed E-state index contributed by atoms with van der Waals surface area (Å²) in [6.07, 6.45) is 2.97. The maximum absolute atomic E-state index is 12.6. The first-order valence-electron chi connectivity index (χ1n) is 10.0. The SMILES string of the molecule is CCN(CC)C(C)CNC(=O)CC(c1ccc2c(c1)OCCO2)C1CC1. The summed E-state index contributed by atoms with van der Waals surface area (Å²) in [6, 6.07) is 6.52. The lowest BCUT2D eigenvalue weighted by Crippen LogP contribution is -2.42. The topological polar surface area (TPSA) is 50.8 Å². The lowest BCUT2D eigenvalue weighted by atomic mass is 9.90. The zero-order valence-corrected chi connectivity index (χ0v) is 16.3. The summed E-state index contributed by atoms with van der Waals surface area (Å²) in [5.74, 6) is 2.66. The fourth-order valence-corrected chi connectivity index (χ4v) is 3.86. The Morgan fingerprint density at radius 2 is 1.88 bits per heavy atom. The molecule has 1 fully saturated rings. The molecule has 1 aromatic carbocycles. The third-order valence-corrected chi connectivity index (χ3v) is 5.62. The molecule has 0 radical (unpaired) electrons. The second-order valence-electron chi connectivity index (χ2n) is 7.43. The molecule has 0 saturated heterocycles. The van der Waals surface area contributed by atoms with E-state index in [1.807, 2.05) is 6.07 Å². The average Bonchev–Trinajstić information content (AvgIpc) is 3.50. The molecule has 26 heavy (non-hydrogen) atoms. The highest BCUT2D eigenvalue weighted by molar-refractivity contribution is 5.77. The van der Waals surface area contributed by atoms with Crippen LogP contribution in [0.3, 0.4) is 0 Å². The third-order valence-electron chi connectivity index (χ3n) is 5.62. The van der Waals surface area contributed by atoms with Gasteiger partial charge in [0.2, 0.25) is 5.91 Å². The number of rotatable bonds is 9. The molecule has 0 bridgehead atoms. The van der Waals surface area contributed by atoms with Gasteiger partial charge in [-0.2, -0.15) is 0 Å². The number of carbonyl (C=O) groups excluding carboxylic acids is 1. The summed E-state index contributed by atoms with van der Waals surface area (Å²) in [7, 11) is 0. The van der Waals surface area contributed by atoms with Gasteiger partial charge in [0.05, 0.1) is 0 Å². The zero-order valence-electron chi connectivity index (χ0n) is 16.3. The van der Waals surface area contributed by atoms with Crippen LogP contribution in [0.5, 0.6) is 11.5 Å². The highest BCUT2D eigenvalue weighted by atomic mass is 16.6. The summed E-state index contributed by atoms with van der Waals surface area (Å²) < 4.78 is 11.3. The molecule has 1 aliphatic carbocycles. The Labute approximate surface area is 157 Å². The summed E-state index contributed by atoms with van der Waals surface area (Å²) in [4.78, 5) is 14.9. The van der Waals surface area contributed by atoms with Crippen molar-refractivity contribution in [1.29, 1.82) is 0 Å². The second-order valence-corrected chi connectivity index (χ2v) is 7.43. The molecule has 2 aliphatic rings. The van der Waals surface area contributed by atoms with Crippen molar-refractivity contribution in [3.05, 3.63) is 23.8 Å². The number of fused-ring (bicyclic) bond motifs is 1. The predicted molar refractivity (Wildman–Crippen MR) is 103 cm³/mol. The van der Waals surface area contributed by atoms with Crippen LogP contribution in [-0.4, -0.2) is 49.7 Å². The molecule has 3 rings (SSSR count). The molecule has 0 aromatic heterocycles. The van der Waals surface area contributed by atoms with Gasteiger partial charge in [0.25, 0.3) is 0 Å². The van der Waals surface area contributed by atoms with Gasteiger partial charge in [-0.05, 0) is 62.4 Å². The van der Waals surface area contributed by atoms with Crippen LogP contribution < -0.4 is 14.8 Å². The molecule has 2 atom stereocenters. The first-order chi connectivity index (χ1) is 12.6. The van der Waals surface area contributed by atoms with Crippen LogP contribution in [0.15, 0.2) is 18.2 Å². The van der Waals surface area contributed by atoms with Gasteiger partial charge in [-0.15, -0.1) is 0 Å². The van der Waals surface area contributed by atoms with Crippen molar-refractivity contribution in [3.8, 4) is 11.5 Å². The van der Waals surface area contributed by atoms with Crippen molar-refractivity contribution in [3.63, 3.8) is 0 Å². The van der Waals surface area contributed by atoms with Crippen LogP contribution in [0.25, 0.3) is 0 Å². The number of benzene rings is 1. The van der Waals surface area contributed by atoms with Crippen molar-refractivity contribution in [2.45, 2.75) is 52.0 Å². The van der Waals surface area contributed by atoms with Gasteiger partial charge in [-0.1, -0.05) is 19.9 Å². The van der Waals surface area contributed by atoms with E-state index in [0.29, 0.717) is 38.1 Å². The van der Waals surface area contributed by atoms with Crippen molar-refractivity contribution in [2.24, 2.45) is 5.92 Å². The lowest BCUT2D eigenvalue weighted by Gasteiger charge is -2.27. The van der Waals surface area contributed by atoms with Crippen LogP contribution >= 0.6 is 0 Å². The molecule has 144 valence electrons. The Balaban J connectivity index is 1.59. The number of likely N-dealkylation sites (N-methyl/N-ethyl adjacent to an activating group) is 1. The van der Waals surface area contributed by atoms with Gasteiger partial charge < -0.3 is 14.8 Å². The summed E-state index contributed by atoms with van der Waals surface area (Å²) in [5.41, 5.74) is 1.20. The summed E-state index contributed by atoms with van der Waals surface area (Å²) in [5, 5.41) is 3.14. The van der Waals surface area contributed by atoms with Crippen LogP contribution in [0.2, 0.25) is 0 Å². The zero-order chi connectivity index (χ0) is 18.5. The molecule has 1 amide bonds. The van der Waals surface area contributed by atoms with Gasteiger partial charge in [-0.25, -0.2) is 0 Å². The Bertz CT molecular complexity index is 611. The molecule has 5 heteroatoms. The molecule has 1 N–H and O–H groups in total. The first-order valence-corrected chi connectivity index (χ1v) is 10.0. The van der Waals surface area contributed by atoms with E-state index in [0.717, 1.165) is 24.6 Å². The Morgan fingerprint density at radius 3 is 2.54 bits per heavy atom. The van der Waals surface area contributed by atoms with E-state index in [4.69, 9.17) is 9.47 Å². The largest absolute Gasteiger partial charge is 0.486 e. The Morgan fingerprint density at radius 1 is 1.19 bits per heavy atom. The molecule has 1 saturated carbocycles. The lowest BCUT2D eigenvalue weighted by molar-refractivity contribution is -0.121. The summed E-state index contributed by atoms with van der Waals surface area (Å²) in [6.45, 7) is 10.4. The third kappa shape index (κ3) is 4.70. The van der Waals surface area contributed by atoms with Gasteiger partial charge in [-0.3, -0.25) is 9.69 Å². The first kappa shape index (κ1) is 19.0. The van der Waals surface area contributed by atoms with E-state index in [1.54, 1.807) is 0 Å². The van der Waals surface area contributed by atoms with Crippen molar-refractivity contribution in [1.82, 2.24) is 10.2 Å². The summed E-state index contributed by atoms with van der Waals surface area (Å²) >= 11 is 0. The molecule has 0 spiro atoms. The van der Waals surface area contributed by atoms with Crippen molar-refractivity contribution >= 4 is 5.91 Å². The van der Waals surface area contributed by atoms with E-state index in [9.17, 15) is 4.79 Å². The highest BCUT2D eigenvalue weighted by Crippen LogP contribution is 2.46. The van der Waals surface area contributed by atoms with E-state index in [1.165, 1.54) is 18.4 Å². The van der Waals surface area contributed by atoms with E-state index < -0.39 is 0 Å². The quantitative estimate of drug-likeness (QED) is 0.735. The monoisotopic (exact) mass is 360 g/mol. The standard InChI is InChI=1S/C21H32N2O3/c1-4-23(5-2)15(3)14-22-21(24)13-18(16-6-7-16)17-8-9-19-20(12-17)26-11-10-25-19/h8-9,12,15-16,18H,4-7,10-11,13-14H2,1-3H3,(H,22,24).